The minimum absolute atomic E-state index is 0.176. The van der Waals surface area contributed by atoms with Gasteiger partial charge in [0.05, 0.1) is 7.11 Å². The van der Waals surface area contributed by atoms with Crippen LogP contribution in [0.3, 0.4) is 0 Å². The van der Waals surface area contributed by atoms with Crippen LogP contribution in [0.25, 0.3) is 0 Å². The first-order chi connectivity index (χ1) is 11.7. The average Bonchev–Trinajstić information content (AvgIpc) is 3.13. The van der Waals surface area contributed by atoms with Crippen molar-refractivity contribution >= 4 is 17.4 Å². The van der Waals surface area contributed by atoms with Crippen LogP contribution in [0.5, 0.6) is 5.75 Å². The molecule has 24 heavy (non-hydrogen) atoms. The van der Waals surface area contributed by atoms with Gasteiger partial charge in [0.25, 0.3) is 0 Å². The summed E-state index contributed by atoms with van der Waals surface area (Å²) < 4.78 is 5.28. The fraction of sp³-hybridized carbons (Fsp3) is 0.556. The summed E-state index contributed by atoms with van der Waals surface area (Å²) in [5.41, 5.74) is 4.87. The first-order valence-electron chi connectivity index (χ1n) is 8.75. The van der Waals surface area contributed by atoms with Gasteiger partial charge in [0.1, 0.15) is 5.75 Å². The summed E-state index contributed by atoms with van der Waals surface area (Å²) in [7, 11) is 1.68. The van der Waals surface area contributed by atoms with Crippen molar-refractivity contribution in [3.05, 3.63) is 24.3 Å². The van der Waals surface area contributed by atoms with Crippen LogP contribution in [-0.2, 0) is 0 Å². The van der Waals surface area contributed by atoms with Gasteiger partial charge in [-0.1, -0.05) is 18.9 Å². The van der Waals surface area contributed by atoms with Crippen molar-refractivity contribution in [1.82, 2.24) is 10.7 Å². The quantitative estimate of drug-likeness (QED) is 0.834. The van der Waals surface area contributed by atoms with Gasteiger partial charge in [-0.05, 0) is 25.0 Å². The molecule has 2 N–H and O–H groups in total. The highest BCUT2D eigenvalue weighted by Crippen LogP contribution is 2.23. The third-order valence-electron chi connectivity index (χ3n) is 4.77. The van der Waals surface area contributed by atoms with E-state index in [-0.39, 0.29) is 6.03 Å². The second-order valence-corrected chi connectivity index (χ2v) is 6.43. The molecule has 0 spiro atoms. The minimum Gasteiger partial charge on any atom is -0.497 e. The molecule has 0 bridgehead atoms. The summed E-state index contributed by atoms with van der Waals surface area (Å²) in [6.07, 6.45) is 6.31. The summed E-state index contributed by atoms with van der Waals surface area (Å²) in [5, 5.41) is 7.27. The molecule has 2 amide bonds. The molecule has 2 aliphatic rings. The largest absolute Gasteiger partial charge is 0.497 e. The molecular formula is C18H26N4O2. The molecule has 0 unspecified atom stereocenters. The van der Waals surface area contributed by atoms with Gasteiger partial charge in [-0.15, -0.1) is 0 Å². The lowest BCUT2D eigenvalue weighted by molar-refractivity contribution is 0.237. The zero-order valence-corrected chi connectivity index (χ0v) is 14.3. The molecule has 0 aromatic heterocycles. The Kier molecular flexibility index (Phi) is 5.56. The number of ether oxygens (including phenoxy) is 1. The number of piperidine rings is 1. The molecule has 0 radical (unpaired) electrons. The van der Waals surface area contributed by atoms with Crippen molar-refractivity contribution in [3.63, 3.8) is 0 Å². The fourth-order valence-corrected chi connectivity index (χ4v) is 3.36. The second-order valence-electron chi connectivity index (χ2n) is 6.43. The molecule has 2 fully saturated rings. The Labute approximate surface area is 143 Å². The number of urea groups is 1. The van der Waals surface area contributed by atoms with E-state index in [1.165, 1.54) is 18.5 Å². The highest BCUT2D eigenvalue weighted by molar-refractivity contribution is 5.88. The van der Waals surface area contributed by atoms with Gasteiger partial charge in [-0.2, -0.15) is 5.10 Å². The lowest BCUT2D eigenvalue weighted by Crippen LogP contribution is -2.40. The molecule has 3 rings (SSSR count). The number of benzene rings is 1. The third-order valence-corrected chi connectivity index (χ3v) is 4.77. The number of hydrogen-bond acceptors (Lipinski definition) is 4. The van der Waals surface area contributed by atoms with Gasteiger partial charge in [-0.3, -0.25) is 0 Å². The standard InChI is InChI=1S/C18H26N4O2/c1-24-17-8-4-7-16(13-17)22-11-9-15(10-12-22)20-21-18(23)19-14-5-2-3-6-14/h4,7-8,13-14H,2-3,5-6,9-12H2,1H3,(H2,19,21,23). The van der Waals surface area contributed by atoms with Gasteiger partial charge in [0.2, 0.25) is 0 Å². The van der Waals surface area contributed by atoms with Gasteiger partial charge in [0, 0.05) is 49.4 Å². The number of methoxy groups -OCH3 is 1. The summed E-state index contributed by atoms with van der Waals surface area (Å²) in [6.45, 7) is 1.80. The number of nitrogens with zero attached hydrogens (tertiary/aromatic N) is 2. The van der Waals surface area contributed by atoms with Crippen LogP contribution in [0.4, 0.5) is 10.5 Å². The molecule has 1 aliphatic carbocycles. The number of hydrazone groups is 1. The Bertz CT molecular complexity index is 586. The predicted molar refractivity (Wildman–Crippen MR) is 95.8 cm³/mol. The highest BCUT2D eigenvalue weighted by Gasteiger charge is 2.18. The third kappa shape index (κ3) is 4.40. The lowest BCUT2D eigenvalue weighted by Gasteiger charge is -2.29. The zero-order valence-electron chi connectivity index (χ0n) is 14.3. The van der Waals surface area contributed by atoms with E-state index in [1.54, 1.807) is 7.11 Å². The number of carbonyl (C=O) groups excluding carboxylic acids is 1. The summed E-state index contributed by atoms with van der Waals surface area (Å²) in [5.74, 6) is 0.872. The van der Waals surface area contributed by atoms with Crippen LogP contribution in [-0.4, -0.2) is 38.0 Å². The van der Waals surface area contributed by atoms with E-state index in [2.05, 4.69) is 32.9 Å². The molecule has 1 saturated heterocycles. The number of anilines is 1. The summed E-state index contributed by atoms with van der Waals surface area (Å²) in [6, 6.07) is 8.25. The Hall–Kier alpha value is -2.24. The number of carbonyl (C=O) groups is 1. The van der Waals surface area contributed by atoms with Crippen LogP contribution in [0, 0.1) is 0 Å². The molecule has 1 aromatic carbocycles. The molecular weight excluding hydrogens is 304 g/mol. The maximum atomic E-state index is 11.8. The normalized spacial score (nSPS) is 18.4. The van der Waals surface area contributed by atoms with Crippen molar-refractivity contribution in [3.8, 4) is 5.75 Å². The van der Waals surface area contributed by atoms with Crippen molar-refractivity contribution in [2.24, 2.45) is 5.10 Å². The monoisotopic (exact) mass is 330 g/mol. The SMILES string of the molecule is COc1cccc(N2CCC(=NNC(=O)NC3CCCC3)CC2)c1. The zero-order chi connectivity index (χ0) is 16.8. The van der Waals surface area contributed by atoms with E-state index in [4.69, 9.17) is 4.74 Å². The Morgan fingerprint density at radius 2 is 2.00 bits per heavy atom. The van der Waals surface area contributed by atoms with E-state index in [0.29, 0.717) is 6.04 Å². The van der Waals surface area contributed by atoms with Crippen LogP contribution in [0.1, 0.15) is 38.5 Å². The Morgan fingerprint density at radius 3 is 2.71 bits per heavy atom. The molecule has 1 aliphatic heterocycles. The maximum absolute atomic E-state index is 11.8. The first kappa shape index (κ1) is 16.6. The van der Waals surface area contributed by atoms with Gasteiger partial charge in [-0.25, -0.2) is 10.2 Å². The van der Waals surface area contributed by atoms with Crippen molar-refractivity contribution < 1.29 is 9.53 Å². The van der Waals surface area contributed by atoms with Crippen molar-refractivity contribution in [2.45, 2.75) is 44.6 Å². The van der Waals surface area contributed by atoms with E-state index in [9.17, 15) is 4.79 Å². The fourth-order valence-electron chi connectivity index (χ4n) is 3.36. The predicted octanol–water partition coefficient (Wildman–Crippen LogP) is 2.89. The molecule has 6 heteroatoms. The smallest absolute Gasteiger partial charge is 0.335 e. The lowest BCUT2D eigenvalue weighted by atomic mass is 10.1. The van der Waals surface area contributed by atoms with Gasteiger partial charge >= 0.3 is 6.03 Å². The van der Waals surface area contributed by atoms with Crippen LogP contribution in [0.15, 0.2) is 29.4 Å². The molecule has 6 nitrogen and oxygen atoms in total. The van der Waals surface area contributed by atoms with Crippen LogP contribution < -0.4 is 20.4 Å². The van der Waals surface area contributed by atoms with E-state index in [1.807, 2.05) is 12.1 Å². The van der Waals surface area contributed by atoms with Gasteiger partial charge < -0.3 is 15.0 Å². The molecule has 130 valence electrons. The van der Waals surface area contributed by atoms with E-state index < -0.39 is 0 Å². The number of rotatable bonds is 4. The molecule has 1 aromatic rings. The van der Waals surface area contributed by atoms with Crippen molar-refractivity contribution in [2.75, 3.05) is 25.1 Å². The number of nitrogens with one attached hydrogen (secondary N) is 2. The first-order valence-corrected chi connectivity index (χ1v) is 8.75. The molecule has 1 saturated carbocycles. The van der Waals surface area contributed by atoms with Crippen LogP contribution in [0.2, 0.25) is 0 Å². The highest BCUT2D eigenvalue weighted by atomic mass is 16.5. The minimum atomic E-state index is -0.176. The summed E-state index contributed by atoms with van der Waals surface area (Å²) in [4.78, 5) is 14.2. The number of hydrogen-bond donors (Lipinski definition) is 2. The Balaban J connectivity index is 1.46. The number of amides is 2. The molecule has 0 atom stereocenters. The van der Waals surface area contributed by atoms with Gasteiger partial charge in [0.15, 0.2) is 0 Å². The Morgan fingerprint density at radius 1 is 1.25 bits per heavy atom. The topological polar surface area (TPSA) is 66.0 Å². The van der Waals surface area contributed by atoms with Crippen LogP contribution >= 0.6 is 0 Å². The molecule has 1 heterocycles. The van der Waals surface area contributed by atoms with E-state index in [0.717, 1.165) is 50.2 Å². The second kappa shape index (κ2) is 8.04. The van der Waals surface area contributed by atoms with E-state index >= 15 is 0 Å². The summed E-state index contributed by atoms with van der Waals surface area (Å²) >= 11 is 0. The maximum Gasteiger partial charge on any atom is 0.335 e. The van der Waals surface area contributed by atoms with Crippen molar-refractivity contribution in [1.29, 1.82) is 0 Å². The average molecular weight is 330 g/mol.